The number of rotatable bonds is 6. The first-order chi connectivity index (χ1) is 7.33. The molecule has 0 bridgehead atoms. The lowest BCUT2D eigenvalue weighted by Crippen LogP contribution is -2.47. The Hall–Kier alpha value is 0.310. The lowest BCUT2D eigenvalue weighted by atomic mass is 9.84. The van der Waals surface area contributed by atoms with Crippen LogP contribution in [0.4, 0.5) is 0 Å². The molecule has 0 aromatic carbocycles. The topological polar surface area (TPSA) is 12.0 Å². The standard InChI is InChI=1S/C13H23NS/c1-15-13(7-2-8-13)9-14-12(10-3-4-10)11-5-6-11/h10-12,14H,2-9H2,1H3. The van der Waals surface area contributed by atoms with Crippen LogP contribution in [0.25, 0.3) is 0 Å². The van der Waals surface area contributed by atoms with Crippen LogP contribution in [0.5, 0.6) is 0 Å². The summed E-state index contributed by atoms with van der Waals surface area (Å²) in [5.74, 6) is 2.10. The van der Waals surface area contributed by atoms with Crippen molar-refractivity contribution in [1.82, 2.24) is 5.32 Å². The van der Waals surface area contributed by atoms with Crippen molar-refractivity contribution in [2.24, 2.45) is 11.8 Å². The molecule has 0 radical (unpaired) electrons. The molecule has 0 aromatic heterocycles. The van der Waals surface area contributed by atoms with Crippen LogP contribution in [-0.4, -0.2) is 23.6 Å². The lowest BCUT2D eigenvalue weighted by molar-refractivity contribution is 0.309. The summed E-state index contributed by atoms with van der Waals surface area (Å²) in [5, 5.41) is 3.92. The van der Waals surface area contributed by atoms with Gasteiger partial charge in [0.25, 0.3) is 0 Å². The van der Waals surface area contributed by atoms with Crippen molar-refractivity contribution in [3.05, 3.63) is 0 Å². The van der Waals surface area contributed by atoms with Gasteiger partial charge in [-0.05, 0) is 56.6 Å². The Balaban J connectivity index is 1.50. The lowest BCUT2D eigenvalue weighted by Gasteiger charge is -2.41. The molecule has 0 aromatic rings. The SMILES string of the molecule is CSC1(CNC(C2CC2)C2CC2)CCC1. The summed E-state index contributed by atoms with van der Waals surface area (Å²) in [6.07, 6.45) is 12.7. The number of nitrogens with one attached hydrogen (secondary N) is 1. The van der Waals surface area contributed by atoms with Crippen molar-refractivity contribution in [3.63, 3.8) is 0 Å². The average Bonchev–Trinajstić information content (AvgIpc) is 2.99. The maximum absolute atomic E-state index is 3.92. The zero-order chi connectivity index (χ0) is 10.3. The Morgan fingerprint density at radius 3 is 2.13 bits per heavy atom. The van der Waals surface area contributed by atoms with Crippen molar-refractivity contribution in [2.45, 2.75) is 55.7 Å². The van der Waals surface area contributed by atoms with Crippen LogP contribution >= 0.6 is 11.8 Å². The van der Waals surface area contributed by atoms with Crippen LogP contribution < -0.4 is 5.32 Å². The van der Waals surface area contributed by atoms with Crippen LogP contribution in [0.15, 0.2) is 0 Å². The van der Waals surface area contributed by atoms with Gasteiger partial charge in [-0.15, -0.1) is 0 Å². The van der Waals surface area contributed by atoms with E-state index in [1.54, 1.807) is 0 Å². The highest BCUT2D eigenvalue weighted by molar-refractivity contribution is 8.00. The van der Waals surface area contributed by atoms with E-state index in [2.05, 4.69) is 23.3 Å². The van der Waals surface area contributed by atoms with Crippen LogP contribution in [0.3, 0.4) is 0 Å². The third-order valence-electron chi connectivity index (χ3n) is 4.62. The molecule has 15 heavy (non-hydrogen) atoms. The maximum atomic E-state index is 3.92. The van der Waals surface area contributed by atoms with Crippen LogP contribution in [0.2, 0.25) is 0 Å². The largest absolute Gasteiger partial charge is 0.312 e. The van der Waals surface area contributed by atoms with Gasteiger partial charge in [0.15, 0.2) is 0 Å². The first-order valence-electron chi connectivity index (χ1n) is 6.61. The summed E-state index contributed by atoms with van der Waals surface area (Å²) in [4.78, 5) is 0. The molecular weight excluding hydrogens is 202 g/mol. The predicted molar refractivity (Wildman–Crippen MR) is 67.3 cm³/mol. The van der Waals surface area contributed by atoms with Gasteiger partial charge < -0.3 is 5.32 Å². The first kappa shape index (κ1) is 10.5. The van der Waals surface area contributed by atoms with E-state index in [9.17, 15) is 0 Å². The molecule has 3 saturated carbocycles. The van der Waals surface area contributed by atoms with Gasteiger partial charge in [-0.1, -0.05) is 6.42 Å². The van der Waals surface area contributed by atoms with Gasteiger partial charge in [0.2, 0.25) is 0 Å². The third kappa shape index (κ3) is 2.21. The molecule has 0 heterocycles. The second-order valence-corrected chi connectivity index (χ2v) is 7.10. The Kier molecular flexibility index (Phi) is 2.76. The summed E-state index contributed by atoms with van der Waals surface area (Å²) < 4.78 is 0.627. The zero-order valence-corrected chi connectivity index (χ0v) is 10.6. The third-order valence-corrected chi connectivity index (χ3v) is 6.04. The van der Waals surface area contributed by atoms with Crippen molar-refractivity contribution in [1.29, 1.82) is 0 Å². The van der Waals surface area contributed by atoms with Crippen molar-refractivity contribution in [3.8, 4) is 0 Å². The van der Waals surface area contributed by atoms with E-state index in [4.69, 9.17) is 0 Å². The van der Waals surface area contributed by atoms with Crippen LogP contribution in [-0.2, 0) is 0 Å². The molecule has 0 spiro atoms. The van der Waals surface area contributed by atoms with E-state index in [1.807, 2.05) is 0 Å². The smallest absolute Gasteiger partial charge is 0.0281 e. The predicted octanol–water partition coefficient (Wildman–Crippen LogP) is 3.05. The van der Waals surface area contributed by atoms with Gasteiger partial charge in [0, 0.05) is 17.3 Å². The van der Waals surface area contributed by atoms with Crippen molar-refractivity contribution < 1.29 is 0 Å². The normalized spacial score (nSPS) is 29.2. The van der Waals surface area contributed by atoms with Gasteiger partial charge in [-0.25, -0.2) is 0 Å². The van der Waals surface area contributed by atoms with Gasteiger partial charge in [0.1, 0.15) is 0 Å². The molecule has 86 valence electrons. The molecular formula is C13H23NS. The second kappa shape index (κ2) is 3.96. The molecule has 0 atom stereocenters. The number of hydrogen-bond donors (Lipinski definition) is 1. The molecule has 0 amide bonds. The molecule has 2 heteroatoms. The summed E-state index contributed by atoms with van der Waals surface area (Å²) >= 11 is 2.10. The molecule has 1 nitrogen and oxygen atoms in total. The van der Waals surface area contributed by atoms with E-state index in [-0.39, 0.29) is 0 Å². The van der Waals surface area contributed by atoms with E-state index >= 15 is 0 Å². The molecule has 1 N–H and O–H groups in total. The van der Waals surface area contributed by atoms with Gasteiger partial charge in [-0.2, -0.15) is 11.8 Å². The fourth-order valence-corrected chi connectivity index (χ4v) is 3.88. The van der Waals surface area contributed by atoms with Crippen LogP contribution in [0.1, 0.15) is 44.9 Å². The van der Waals surface area contributed by atoms with Crippen molar-refractivity contribution in [2.75, 3.05) is 12.8 Å². The Morgan fingerprint density at radius 1 is 1.20 bits per heavy atom. The second-order valence-electron chi connectivity index (χ2n) is 5.82. The van der Waals surface area contributed by atoms with Gasteiger partial charge >= 0.3 is 0 Å². The summed E-state index contributed by atoms with van der Waals surface area (Å²) in [7, 11) is 0. The maximum Gasteiger partial charge on any atom is 0.0281 e. The Labute approximate surface area is 97.8 Å². The molecule has 0 unspecified atom stereocenters. The fourth-order valence-electron chi connectivity index (χ4n) is 2.96. The fraction of sp³-hybridized carbons (Fsp3) is 1.00. The Bertz CT molecular complexity index is 211. The molecule has 0 aliphatic heterocycles. The van der Waals surface area contributed by atoms with Crippen LogP contribution in [0, 0.1) is 11.8 Å². The minimum absolute atomic E-state index is 0.627. The first-order valence-corrected chi connectivity index (χ1v) is 7.84. The highest BCUT2D eigenvalue weighted by Gasteiger charge is 2.43. The summed E-state index contributed by atoms with van der Waals surface area (Å²) in [5.41, 5.74) is 0. The summed E-state index contributed by atoms with van der Waals surface area (Å²) in [6, 6.07) is 0.898. The Morgan fingerprint density at radius 2 is 1.80 bits per heavy atom. The monoisotopic (exact) mass is 225 g/mol. The number of thioether (sulfide) groups is 1. The van der Waals surface area contributed by atoms with E-state index in [0.717, 1.165) is 17.9 Å². The number of hydrogen-bond acceptors (Lipinski definition) is 2. The molecule has 3 fully saturated rings. The van der Waals surface area contributed by atoms with E-state index in [0.29, 0.717) is 4.75 Å². The highest BCUT2D eigenvalue weighted by Crippen LogP contribution is 2.46. The van der Waals surface area contributed by atoms with Gasteiger partial charge in [0.05, 0.1) is 0 Å². The van der Waals surface area contributed by atoms with E-state index in [1.165, 1.54) is 51.5 Å². The molecule has 3 rings (SSSR count). The molecule has 3 aliphatic rings. The van der Waals surface area contributed by atoms with Gasteiger partial charge in [-0.3, -0.25) is 0 Å². The molecule has 0 saturated heterocycles. The summed E-state index contributed by atoms with van der Waals surface area (Å²) in [6.45, 7) is 1.28. The minimum atomic E-state index is 0.627. The molecule has 3 aliphatic carbocycles. The quantitative estimate of drug-likeness (QED) is 0.745. The average molecular weight is 225 g/mol. The van der Waals surface area contributed by atoms with E-state index < -0.39 is 0 Å². The minimum Gasteiger partial charge on any atom is -0.312 e. The zero-order valence-electron chi connectivity index (χ0n) is 9.80. The van der Waals surface area contributed by atoms with Crippen molar-refractivity contribution >= 4 is 11.8 Å². The highest BCUT2D eigenvalue weighted by atomic mass is 32.2.